The van der Waals surface area contributed by atoms with Crippen LogP contribution in [0.25, 0.3) is 0 Å². The first-order chi connectivity index (χ1) is 9.92. The van der Waals surface area contributed by atoms with E-state index in [1.165, 1.54) is 24.3 Å². The highest BCUT2D eigenvalue weighted by atomic mass is 35.5. The highest BCUT2D eigenvalue weighted by Gasteiger charge is 2.13. The maximum absolute atomic E-state index is 12.2. The van der Waals surface area contributed by atoms with Crippen molar-refractivity contribution in [3.05, 3.63) is 59.1 Å². The first-order valence-corrected chi connectivity index (χ1v) is 7.86. The predicted molar refractivity (Wildman–Crippen MR) is 82.7 cm³/mol. The summed E-state index contributed by atoms with van der Waals surface area (Å²) in [4.78, 5) is 0.129. The van der Waals surface area contributed by atoms with Crippen LogP contribution in [0.2, 0.25) is 5.02 Å². The van der Waals surface area contributed by atoms with Crippen LogP contribution < -0.4 is 4.72 Å². The molecule has 5 nitrogen and oxygen atoms in total. The van der Waals surface area contributed by atoms with E-state index >= 15 is 0 Å². The topological polar surface area (TPSA) is 78.8 Å². The molecule has 0 fully saturated rings. The van der Waals surface area contributed by atoms with E-state index in [2.05, 4.69) is 9.88 Å². The van der Waals surface area contributed by atoms with Crippen LogP contribution in [-0.2, 0) is 10.0 Å². The average molecular weight is 325 g/mol. The summed E-state index contributed by atoms with van der Waals surface area (Å²) in [6.07, 6.45) is 0. The smallest absolute Gasteiger partial charge is 0.261 e. The van der Waals surface area contributed by atoms with Crippen LogP contribution >= 0.6 is 11.6 Å². The molecule has 0 aliphatic rings. The first kappa shape index (κ1) is 15.3. The lowest BCUT2D eigenvalue weighted by molar-refractivity contribution is 0.319. The van der Waals surface area contributed by atoms with E-state index in [-0.39, 0.29) is 4.90 Å². The number of hydrogen-bond acceptors (Lipinski definition) is 4. The molecule has 0 radical (unpaired) electrons. The lowest BCUT2D eigenvalue weighted by Crippen LogP contribution is -2.12. The van der Waals surface area contributed by atoms with Crippen molar-refractivity contribution in [2.45, 2.75) is 11.8 Å². The minimum atomic E-state index is -3.66. The van der Waals surface area contributed by atoms with E-state index < -0.39 is 10.0 Å². The highest BCUT2D eigenvalue weighted by molar-refractivity contribution is 7.92. The van der Waals surface area contributed by atoms with Crippen LogP contribution in [-0.4, -0.2) is 19.3 Å². The van der Waals surface area contributed by atoms with Gasteiger partial charge in [-0.25, -0.2) is 8.42 Å². The molecule has 2 aromatic carbocycles. The molecule has 0 heterocycles. The van der Waals surface area contributed by atoms with E-state index in [4.69, 9.17) is 16.8 Å². The normalized spacial score (nSPS) is 12.2. The molecule has 0 aliphatic heterocycles. The summed E-state index contributed by atoms with van der Waals surface area (Å²) in [6.45, 7) is 1.65. The largest absolute Gasteiger partial charge is 0.411 e. The molecule has 7 heteroatoms. The molecule has 0 saturated carbocycles. The molecule has 2 N–H and O–H groups in total. The highest BCUT2D eigenvalue weighted by Crippen LogP contribution is 2.18. The second-order valence-electron chi connectivity index (χ2n) is 4.32. The molecule has 110 valence electrons. The van der Waals surface area contributed by atoms with Gasteiger partial charge in [-0.2, -0.15) is 0 Å². The molecule has 0 amide bonds. The van der Waals surface area contributed by atoms with Crippen LogP contribution in [0, 0.1) is 0 Å². The molecule has 0 spiro atoms. The Morgan fingerprint density at radius 3 is 2.19 bits per heavy atom. The van der Waals surface area contributed by atoms with Gasteiger partial charge < -0.3 is 5.21 Å². The van der Waals surface area contributed by atoms with Gasteiger partial charge in [-0.3, -0.25) is 4.72 Å². The minimum Gasteiger partial charge on any atom is -0.411 e. The fourth-order valence-corrected chi connectivity index (χ4v) is 2.85. The minimum absolute atomic E-state index is 0.129. The van der Waals surface area contributed by atoms with Crippen molar-refractivity contribution in [1.29, 1.82) is 0 Å². The lowest BCUT2D eigenvalue weighted by Gasteiger charge is -2.08. The Morgan fingerprint density at radius 1 is 1.10 bits per heavy atom. The SMILES string of the molecule is C/C(=N\O)c1ccc(NS(=O)(=O)c2ccc(Cl)cc2)cc1. The van der Waals surface area contributed by atoms with Gasteiger partial charge in [0, 0.05) is 10.7 Å². The summed E-state index contributed by atoms with van der Waals surface area (Å²) in [5.74, 6) is 0. The summed E-state index contributed by atoms with van der Waals surface area (Å²) >= 11 is 5.74. The molecule has 0 aliphatic carbocycles. The third-order valence-corrected chi connectivity index (χ3v) is 4.48. The molecule has 0 unspecified atom stereocenters. The fourth-order valence-electron chi connectivity index (χ4n) is 1.67. The first-order valence-electron chi connectivity index (χ1n) is 6.00. The maximum atomic E-state index is 12.2. The van der Waals surface area contributed by atoms with Gasteiger partial charge in [0.15, 0.2) is 0 Å². The van der Waals surface area contributed by atoms with E-state index in [1.807, 2.05) is 0 Å². The molecule has 0 saturated heterocycles. The van der Waals surface area contributed by atoms with Crippen LogP contribution in [0.15, 0.2) is 58.6 Å². The van der Waals surface area contributed by atoms with Crippen molar-refractivity contribution in [3.63, 3.8) is 0 Å². The Balaban J connectivity index is 2.23. The van der Waals surface area contributed by atoms with Crippen LogP contribution in [0.1, 0.15) is 12.5 Å². The third-order valence-electron chi connectivity index (χ3n) is 2.83. The molecule has 2 aromatic rings. The van der Waals surface area contributed by atoms with Gasteiger partial charge in [0.1, 0.15) is 0 Å². The van der Waals surface area contributed by atoms with Gasteiger partial charge in [0.2, 0.25) is 0 Å². The van der Waals surface area contributed by atoms with Crippen molar-refractivity contribution in [1.82, 2.24) is 0 Å². The Labute approximate surface area is 127 Å². The number of rotatable bonds is 4. The summed E-state index contributed by atoms with van der Waals surface area (Å²) < 4.78 is 26.8. The molecule has 0 aromatic heterocycles. The summed E-state index contributed by atoms with van der Waals surface area (Å²) in [5, 5.41) is 12.2. The fraction of sp³-hybridized carbons (Fsp3) is 0.0714. The number of nitrogens with zero attached hydrogens (tertiary/aromatic N) is 1. The zero-order valence-corrected chi connectivity index (χ0v) is 12.7. The van der Waals surface area contributed by atoms with E-state index in [1.54, 1.807) is 31.2 Å². The van der Waals surface area contributed by atoms with Gasteiger partial charge in [-0.05, 0) is 48.9 Å². The van der Waals surface area contributed by atoms with Crippen molar-refractivity contribution < 1.29 is 13.6 Å². The van der Waals surface area contributed by atoms with Crippen molar-refractivity contribution in [2.75, 3.05) is 4.72 Å². The monoisotopic (exact) mass is 324 g/mol. The Bertz CT molecular complexity index is 754. The second-order valence-corrected chi connectivity index (χ2v) is 6.44. The molecular formula is C14H13ClN2O3S. The maximum Gasteiger partial charge on any atom is 0.261 e. The van der Waals surface area contributed by atoms with Gasteiger partial charge in [-0.15, -0.1) is 0 Å². The number of oxime groups is 1. The average Bonchev–Trinajstić information content (AvgIpc) is 2.47. The van der Waals surface area contributed by atoms with E-state index in [0.717, 1.165) is 0 Å². The zero-order valence-electron chi connectivity index (χ0n) is 11.1. The molecular weight excluding hydrogens is 312 g/mol. The molecule has 0 bridgehead atoms. The van der Waals surface area contributed by atoms with Crippen LogP contribution in [0.4, 0.5) is 5.69 Å². The standard InChI is InChI=1S/C14H13ClN2O3S/c1-10(16-18)11-2-6-13(7-3-11)17-21(19,20)14-8-4-12(15)5-9-14/h2-9,17-18H,1H3/b16-10+. The molecule has 0 atom stereocenters. The van der Waals surface area contributed by atoms with Gasteiger partial charge in [-0.1, -0.05) is 28.9 Å². The van der Waals surface area contributed by atoms with E-state index in [9.17, 15) is 8.42 Å². The quantitative estimate of drug-likeness (QED) is 0.514. The van der Waals surface area contributed by atoms with Gasteiger partial charge in [0.25, 0.3) is 10.0 Å². The Morgan fingerprint density at radius 2 is 1.67 bits per heavy atom. The Kier molecular flexibility index (Phi) is 4.50. The van der Waals surface area contributed by atoms with Crippen LogP contribution in [0.5, 0.6) is 0 Å². The van der Waals surface area contributed by atoms with E-state index in [0.29, 0.717) is 22.0 Å². The second kappa shape index (κ2) is 6.15. The molecule has 21 heavy (non-hydrogen) atoms. The third kappa shape index (κ3) is 3.74. The van der Waals surface area contributed by atoms with Crippen molar-refractivity contribution in [3.8, 4) is 0 Å². The summed E-state index contributed by atoms with van der Waals surface area (Å²) in [7, 11) is -3.66. The zero-order chi connectivity index (χ0) is 15.5. The number of benzene rings is 2. The van der Waals surface area contributed by atoms with Crippen LogP contribution in [0.3, 0.4) is 0 Å². The number of anilines is 1. The van der Waals surface area contributed by atoms with Gasteiger partial charge >= 0.3 is 0 Å². The lowest BCUT2D eigenvalue weighted by atomic mass is 10.1. The van der Waals surface area contributed by atoms with Gasteiger partial charge in [0.05, 0.1) is 10.6 Å². The molecule has 2 rings (SSSR count). The summed E-state index contributed by atoms with van der Waals surface area (Å²) in [5.41, 5.74) is 1.56. The van der Waals surface area contributed by atoms with Crippen molar-refractivity contribution >= 4 is 33.0 Å². The number of sulfonamides is 1. The van der Waals surface area contributed by atoms with Crippen molar-refractivity contribution in [2.24, 2.45) is 5.16 Å². The number of nitrogens with one attached hydrogen (secondary N) is 1. The Hall–Kier alpha value is -2.05. The predicted octanol–water partition coefficient (Wildman–Crippen LogP) is 3.34. The summed E-state index contributed by atoms with van der Waals surface area (Å²) in [6, 6.07) is 12.4. The number of halogens is 1. The number of hydrogen-bond donors (Lipinski definition) is 2.